The SMILES string of the molecule is CC(=O)C(C)=C(C)C(C)=C(C)C. The molecule has 0 N–H and O–H groups in total. The van der Waals surface area contributed by atoms with Crippen molar-refractivity contribution in [2.75, 3.05) is 0 Å². The minimum Gasteiger partial charge on any atom is -0.295 e. The van der Waals surface area contributed by atoms with Crippen molar-refractivity contribution in [3.8, 4) is 0 Å². The Balaban J connectivity index is 5.06. The van der Waals surface area contributed by atoms with Gasteiger partial charge in [0, 0.05) is 0 Å². The van der Waals surface area contributed by atoms with E-state index in [0.717, 1.165) is 11.1 Å². The van der Waals surface area contributed by atoms with Crippen LogP contribution in [0.3, 0.4) is 0 Å². The molecule has 68 valence electrons. The molecule has 0 atom stereocenters. The van der Waals surface area contributed by atoms with Crippen LogP contribution in [-0.4, -0.2) is 5.78 Å². The molecule has 0 saturated heterocycles. The molecule has 0 aliphatic heterocycles. The van der Waals surface area contributed by atoms with E-state index < -0.39 is 0 Å². The van der Waals surface area contributed by atoms with E-state index in [1.54, 1.807) is 6.92 Å². The summed E-state index contributed by atoms with van der Waals surface area (Å²) < 4.78 is 0. The lowest BCUT2D eigenvalue weighted by Crippen LogP contribution is -1.97. The first-order chi connectivity index (χ1) is 5.37. The molecule has 0 unspecified atom stereocenters. The van der Waals surface area contributed by atoms with Crippen LogP contribution in [0.2, 0.25) is 0 Å². The average Bonchev–Trinajstić information content (AvgIpc) is 2.00. The fourth-order valence-corrected chi connectivity index (χ4v) is 0.920. The number of hydrogen-bond acceptors (Lipinski definition) is 1. The minimum absolute atomic E-state index is 0.160. The van der Waals surface area contributed by atoms with Gasteiger partial charge in [-0.2, -0.15) is 0 Å². The van der Waals surface area contributed by atoms with Gasteiger partial charge in [-0.25, -0.2) is 0 Å². The van der Waals surface area contributed by atoms with Crippen LogP contribution in [0.15, 0.2) is 22.3 Å². The first kappa shape index (κ1) is 11.2. The zero-order valence-corrected chi connectivity index (χ0v) is 8.91. The molecule has 0 aromatic rings. The van der Waals surface area contributed by atoms with E-state index in [2.05, 4.69) is 20.8 Å². The number of hydrogen-bond donors (Lipinski definition) is 0. The van der Waals surface area contributed by atoms with Crippen molar-refractivity contribution in [1.82, 2.24) is 0 Å². The van der Waals surface area contributed by atoms with Crippen LogP contribution in [0.1, 0.15) is 41.5 Å². The molecule has 1 heteroatoms. The molecule has 0 heterocycles. The van der Waals surface area contributed by atoms with Crippen molar-refractivity contribution >= 4 is 5.78 Å². The van der Waals surface area contributed by atoms with Gasteiger partial charge in [0.1, 0.15) is 0 Å². The second-order valence-electron chi connectivity index (χ2n) is 3.43. The molecule has 12 heavy (non-hydrogen) atoms. The lowest BCUT2D eigenvalue weighted by molar-refractivity contribution is -0.113. The smallest absolute Gasteiger partial charge is 0.155 e. The van der Waals surface area contributed by atoms with Crippen LogP contribution in [0.25, 0.3) is 0 Å². The molecular weight excluding hydrogens is 148 g/mol. The van der Waals surface area contributed by atoms with Crippen LogP contribution in [0.4, 0.5) is 0 Å². The van der Waals surface area contributed by atoms with E-state index in [-0.39, 0.29) is 5.78 Å². The number of rotatable bonds is 2. The lowest BCUT2D eigenvalue weighted by Gasteiger charge is -2.07. The van der Waals surface area contributed by atoms with Crippen LogP contribution in [-0.2, 0) is 4.79 Å². The van der Waals surface area contributed by atoms with Gasteiger partial charge >= 0.3 is 0 Å². The van der Waals surface area contributed by atoms with Gasteiger partial charge in [0.2, 0.25) is 0 Å². The molecule has 1 nitrogen and oxygen atoms in total. The first-order valence-electron chi connectivity index (χ1n) is 4.20. The van der Waals surface area contributed by atoms with Gasteiger partial charge in [0.25, 0.3) is 0 Å². The van der Waals surface area contributed by atoms with Gasteiger partial charge in [0.05, 0.1) is 0 Å². The van der Waals surface area contributed by atoms with E-state index in [9.17, 15) is 4.79 Å². The highest BCUT2D eigenvalue weighted by Crippen LogP contribution is 2.17. The van der Waals surface area contributed by atoms with Crippen LogP contribution < -0.4 is 0 Å². The average molecular weight is 166 g/mol. The molecule has 0 spiro atoms. The van der Waals surface area contributed by atoms with E-state index in [1.165, 1.54) is 11.1 Å². The van der Waals surface area contributed by atoms with Crippen molar-refractivity contribution in [3.05, 3.63) is 22.3 Å². The largest absolute Gasteiger partial charge is 0.295 e. The van der Waals surface area contributed by atoms with Gasteiger partial charge < -0.3 is 0 Å². The summed E-state index contributed by atoms with van der Waals surface area (Å²) in [6.07, 6.45) is 0. The highest BCUT2D eigenvalue weighted by molar-refractivity contribution is 5.94. The zero-order chi connectivity index (χ0) is 9.89. The summed E-state index contributed by atoms with van der Waals surface area (Å²) in [6.45, 7) is 11.7. The molecule has 0 amide bonds. The maximum atomic E-state index is 11.0. The third-order valence-electron chi connectivity index (χ3n) is 2.40. The predicted molar refractivity (Wildman–Crippen MR) is 53.1 cm³/mol. The predicted octanol–water partition coefficient (Wildman–Crippen LogP) is 3.27. The Labute approximate surface area is 75.2 Å². The summed E-state index contributed by atoms with van der Waals surface area (Å²) in [5, 5.41) is 0. The van der Waals surface area contributed by atoms with Crippen molar-refractivity contribution in [3.63, 3.8) is 0 Å². The quantitative estimate of drug-likeness (QED) is 0.454. The highest BCUT2D eigenvalue weighted by Gasteiger charge is 2.04. The number of ketones is 1. The van der Waals surface area contributed by atoms with Gasteiger partial charge in [-0.1, -0.05) is 5.57 Å². The molecule has 0 aliphatic rings. The van der Waals surface area contributed by atoms with Crippen LogP contribution >= 0.6 is 0 Å². The monoisotopic (exact) mass is 166 g/mol. The molecule has 0 fully saturated rings. The summed E-state index contributed by atoms with van der Waals surface area (Å²) >= 11 is 0. The second-order valence-corrected chi connectivity index (χ2v) is 3.43. The van der Waals surface area contributed by atoms with Crippen LogP contribution in [0, 0.1) is 0 Å². The van der Waals surface area contributed by atoms with E-state index in [0.29, 0.717) is 0 Å². The summed E-state index contributed by atoms with van der Waals surface area (Å²) in [5.74, 6) is 0.160. The van der Waals surface area contributed by atoms with Crippen LogP contribution in [0.5, 0.6) is 0 Å². The Hall–Kier alpha value is -0.850. The van der Waals surface area contributed by atoms with Crippen molar-refractivity contribution in [1.29, 1.82) is 0 Å². The lowest BCUT2D eigenvalue weighted by atomic mass is 9.98. The van der Waals surface area contributed by atoms with Gasteiger partial charge in [-0.15, -0.1) is 0 Å². The van der Waals surface area contributed by atoms with E-state index >= 15 is 0 Å². The molecule has 0 saturated carbocycles. The number of carbonyl (C=O) groups excluding carboxylic acids is 1. The minimum atomic E-state index is 0.160. The van der Waals surface area contributed by atoms with Gasteiger partial charge in [-0.05, 0) is 58.3 Å². The standard InChI is InChI=1S/C11H18O/c1-7(2)8(3)9(4)10(5)11(6)12/h1-6H3. The Morgan fingerprint density at radius 2 is 1.08 bits per heavy atom. The maximum Gasteiger partial charge on any atom is 0.155 e. The normalized spacial score (nSPS) is 12.2. The third-order valence-corrected chi connectivity index (χ3v) is 2.40. The van der Waals surface area contributed by atoms with Crippen molar-refractivity contribution < 1.29 is 4.79 Å². The second kappa shape index (κ2) is 4.24. The molecule has 0 aliphatic carbocycles. The fourth-order valence-electron chi connectivity index (χ4n) is 0.920. The van der Waals surface area contributed by atoms with Crippen molar-refractivity contribution in [2.24, 2.45) is 0 Å². The van der Waals surface area contributed by atoms with Gasteiger partial charge in [-0.3, -0.25) is 4.79 Å². The molecule has 0 rings (SSSR count). The maximum absolute atomic E-state index is 11.0. The molecule has 0 aromatic heterocycles. The van der Waals surface area contributed by atoms with E-state index in [4.69, 9.17) is 0 Å². The summed E-state index contributed by atoms with van der Waals surface area (Å²) in [6, 6.07) is 0. The summed E-state index contributed by atoms with van der Waals surface area (Å²) in [7, 11) is 0. The summed E-state index contributed by atoms with van der Waals surface area (Å²) in [4.78, 5) is 11.0. The molecule has 0 radical (unpaired) electrons. The molecular formula is C11H18O. The summed E-state index contributed by atoms with van der Waals surface area (Å²) in [5.41, 5.74) is 4.48. The van der Waals surface area contributed by atoms with Crippen molar-refractivity contribution in [2.45, 2.75) is 41.5 Å². The zero-order valence-electron chi connectivity index (χ0n) is 8.91. The molecule has 0 aromatic carbocycles. The topological polar surface area (TPSA) is 17.1 Å². The first-order valence-corrected chi connectivity index (χ1v) is 4.20. The fraction of sp³-hybridized carbons (Fsp3) is 0.545. The Morgan fingerprint density at radius 1 is 0.667 bits per heavy atom. The van der Waals surface area contributed by atoms with Gasteiger partial charge in [0.15, 0.2) is 5.78 Å². The molecule has 0 bridgehead atoms. The Kier molecular flexibility index (Phi) is 3.94. The number of carbonyl (C=O) groups is 1. The number of allylic oxidation sites excluding steroid dienone is 4. The third kappa shape index (κ3) is 2.65. The highest BCUT2D eigenvalue weighted by atomic mass is 16.1. The van der Waals surface area contributed by atoms with E-state index in [1.807, 2.05) is 13.8 Å². The Bertz CT molecular complexity index is 250. The number of Topliss-reactive ketones (excluding diaryl/α,β-unsaturated/α-hetero) is 1. The Morgan fingerprint density at radius 3 is 1.33 bits per heavy atom.